The minimum Gasteiger partial charge on any atom is -0.319 e. The molecule has 0 aromatic carbocycles. The van der Waals surface area contributed by atoms with E-state index in [0.29, 0.717) is 11.5 Å². The van der Waals surface area contributed by atoms with E-state index >= 15 is 0 Å². The molecule has 0 amide bonds. The van der Waals surface area contributed by atoms with Gasteiger partial charge >= 0.3 is 0 Å². The highest BCUT2D eigenvalue weighted by atomic mass is 32.1. The number of hydrogen-bond acceptors (Lipinski definition) is 4. The summed E-state index contributed by atoms with van der Waals surface area (Å²) >= 11 is 1.57. The number of thiazole rings is 1. The molecule has 106 valence electrons. The van der Waals surface area contributed by atoms with Crippen LogP contribution in [0.25, 0.3) is 11.3 Å². The first-order valence-corrected chi connectivity index (χ1v) is 7.81. The topological polar surface area (TPSA) is 51.8 Å². The Bertz CT molecular complexity index is 613. The van der Waals surface area contributed by atoms with E-state index in [0.717, 1.165) is 30.0 Å². The van der Waals surface area contributed by atoms with Crippen molar-refractivity contribution in [3.63, 3.8) is 0 Å². The maximum absolute atomic E-state index is 13.2. The smallest absolute Gasteiger partial charge is 0.142 e. The normalized spacial score (nSPS) is 26.6. The molecule has 2 heterocycles. The van der Waals surface area contributed by atoms with E-state index in [9.17, 15) is 4.39 Å². The minimum absolute atomic E-state index is 0.318. The van der Waals surface area contributed by atoms with E-state index in [4.69, 9.17) is 5.73 Å². The Morgan fingerprint density at radius 3 is 3.05 bits per heavy atom. The second-order valence-corrected chi connectivity index (χ2v) is 6.65. The molecule has 3 nitrogen and oxygen atoms in total. The second kappa shape index (κ2) is 5.22. The first-order valence-electron chi connectivity index (χ1n) is 6.93. The molecule has 1 saturated carbocycles. The van der Waals surface area contributed by atoms with Crippen molar-refractivity contribution in [2.24, 2.45) is 11.7 Å². The Hall–Kier alpha value is -1.33. The van der Waals surface area contributed by atoms with Gasteiger partial charge in [-0.2, -0.15) is 0 Å². The number of nitrogens with two attached hydrogens (primary N) is 1. The van der Waals surface area contributed by atoms with E-state index < -0.39 is 0 Å². The highest BCUT2D eigenvalue weighted by Crippen LogP contribution is 2.39. The van der Waals surface area contributed by atoms with Crippen molar-refractivity contribution in [2.45, 2.75) is 38.1 Å². The lowest BCUT2D eigenvalue weighted by Gasteiger charge is -2.35. The van der Waals surface area contributed by atoms with Gasteiger partial charge in [0.1, 0.15) is 10.8 Å². The van der Waals surface area contributed by atoms with Gasteiger partial charge in [-0.1, -0.05) is 19.8 Å². The van der Waals surface area contributed by atoms with E-state index in [1.54, 1.807) is 17.5 Å². The molecular weight excluding hydrogens is 273 g/mol. The van der Waals surface area contributed by atoms with Crippen LogP contribution in [0.3, 0.4) is 0 Å². The third kappa shape index (κ3) is 2.60. The molecule has 2 aromatic rings. The summed E-state index contributed by atoms with van der Waals surface area (Å²) in [5.74, 6) is 0.294. The predicted octanol–water partition coefficient (Wildman–Crippen LogP) is 3.71. The molecular formula is C15H18FN3S. The fourth-order valence-corrected chi connectivity index (χ4v) is 3.96. The summed E-state index contributed by atoms with van der Waals surface area (Å²) in [6.45, 7) is 2.24. The van der Waals surface area contributed by atoms with Crippen LogP contribution in [-0.4, -0.2) is 9.97 Å². The van der Waals surface area contributed by atoms with Crippen molar-refractivity contribution < 1.29 is 4.39 Å². The van der Waals surface area contributed by atoms with E-state index in [-0.39, 0.29) is 11.4 Å². The van der Waals surface area contributed by atoms with Gasteiger partial charge in [0, 0.05) is 17.1 Å². The van der Waals surface area contributed by atoms with Gasteiger partial charge in [0.05, 0.1) is 17.4 Å². The summed E-state index contributed by atoms with van der Waals surface area (Å²) in [6, 6.07) is 1.46. The van der Waals surface area contributed by atoms with Crippen LogP contribution in [0.15, 0.2) is 23.8 Å². The number of hydrogen-bond donors (Lipinski definition) is 1. The Labute approximate surface area is 122 Å². The van der Waals surface area contributed by atoms with Crippen LogP contribution in [0, 0.1) is 11.7 Å². The molecule has 0 aliphatic heterocycles. The molecule has 2 unspecified atom stereocenters. The second-order valence-electron chi connectivity index (χ2n) is 5.79. The van der Waals surface area contributed by atoms with Gasteiger partial charge in [-0.3, -0.25) is 4.98 Å². The quantitative estimate of drug-likeness (QED) is 0.917. The van der Waals surface area contributed by atoms with Crippen LogP contribution in [0.2, 0.25) is 0 Å². The van der Waals surface area contributed by atoms with E-state index in [1.165, 1.54) is 18.7 Å². The first-order chi connectivity index (χ1) is 9.57. The number of pyridine rings is 1. The first kappa shape index (κ1) is 13.6. The van der Waals surface area contributed by atoms with Gasteiger partial charge < -0.3 is 5.73 Å². The fourth-order valence-electron chi connectivity index (χ4n) is 2.97. The number of aromatic nitrogens is 2. The number of nitrogens with zero attached hydrogens (tertiary/aromatic N) is 2. The van der Waals surface area contributed by atoms with Crippen molar-refractivity contribution in [1.82, 2.24) is 9.97 Å². The van der Waals surface area contributed by atoms with Gasteiger partial charge in [0.25, 0.3) is 0 Å². The Balaban J connectivity index is 1.90. The fraction of sp³-hybridized carbons (Fsp3) is 0.467. The summed E-state index contributed by atoms with van der Waals surface area (Å²) in [6.07, 6.45) is 7.17. The molecule has 0 bridgehead atoms. The molecule has 3 rings (SSSR count). The van der Waals surface area contributed by atoms with Crippen LogP contribution in [-0.2, 0) is 5.54 Å². The summed E-state index contributed by atoms with van der Waals surface area (Å²) in [5, 5.41) is 2.91. The van der Waals surface area contributed by atoms with Gasteiger partial charge in [0.15, 0.2) is 0 Å². The average molecular weight is 291 g/mol. The molecule has 0 radical (unpaired) electrons. The molecule has 20 heavy (non-hydrogen) atoms. The minimum atomic E-state index is -0.342. The Kier molecular flexibility index (Phi) is 3.56. The lowest BCUT2D eigenvalue weighted by Crippen LogP contribution is -2.40. The van der Waals surface area contributed by atoms with Gasteiger partial charge in [-0.25, -0.2) is 9.37 Å². The largest absolute Gasteiger partial charge is 0.319 e. The van der Waals surface area contributed by atoms with Crippen molar-refractivity contribution in [2.75, 3.05) is 0 Å². The predicted molar refractivity (Wildman–Crippen MR) is 78.8 cm³/mol. The van der Waals surface area contributed by atoms with E-state index in [2.05, 4.69) is 16.9 Å². The third-order valence-electron chi connectivity index (χ3n) is 3.96. The molecule has 5 heteroatoms. The summed E-state index contributed by atoms with van der Waals surface area (Å²) in [7, 11) is 0. The molecule has 0 saturated heterocycles. The van der Waals surface area contributed by atoms with Crippen LogP contribution in [0.5, 0.6) is 0 Å². The Morgan fingerprint density at radius 2 is 2.30 bits per heavy atom. The van der Waals surface area contributed by atoms with Crippen LogP contribution in [0.1, 0.15) is 37.6 Å². The summed E-state index contributed by atoms with van der Waals surface area (Å²) in [5.41, 5.74) is 7.70. The van der Waals surface area contributed by atoms with Crippen molar-refractivity contribution >= 4 is 11.3 Å². The Morgan fingerprint density at radius 1 is 1.45 bits per heavy atom. The summed E-state index contributed by atoms with van der Waals surface area (Å²) in [4.78, 5) is 8.51. The average Bonchev–Trinajstić information content (AvgIpc) is 2.88. The maximum atomic E-state index is 13.2. The monoisotopic (exact) mass is 291 g/mol. The van der Waals surface area contributed by atoms with Crippen LogP contribution >= 0.6 is 11.3 Å². The van der Waals surface area contributed by atoms with Gasteiger partial charge in [-0.15, -0.1) is 11.3 Å². The molecule has 2 aromatic heterocycles. The maximum Gasteiger partial charge on any atom is 0.142 e. The van der Waals surface area contributed by atoms with Gasteiger partial charge in [-0.05, 0) is 24.8 Å². The van der Waals surface area contributed by atoms with Crippen molar-refractivity contribution in [1.29, 1.82) is 0 Å². The standard InChI is InChI=1S/C15H18FN3S/c1-10-3-2-4-15(17,6-10)14-19-13(9-20-14)11-5-12(16)8-18-7-11/h5,7-10H,2-4,6,17H2,1H3. The zero-order valence-corrected chi connectivity index (χ0v) is 12.3. The van der Waals surface area contributed by atoms with Crippen LogP contribution in [0.4, 0.5) is 4.39 Å². The number of rotatable bonds is 2. The molecule has 2 N–H and O–H groups in total. The highest BCUT2D eigenvalue weighted by molar-refractivity contribution is 7.10. The van der Waals surface area contributed by atoms with E-state index in [1.807, 2.05) is 5.38 Å². The molecule has 2 atom stereocenters. The number of halogens is 1. The molecule has 1 fully saturated rings. The molecule has 0 spiro atoms. The summed E-state index contributed by atoms with van der Waals surface area (Å²) < 4.78 is 13.2. The lowest BCUT2D eigenvalue weighted by molar-refractivity contribution is 0.238. The van der Waals surface area contributed by atoms with Crippen LogP contribution < -0.4 is 5.73 Å². The zero-order valence-electron chi connectivity index (χ0n) is 11.5. The zero-order chi connectivity index (χ0) is 14.2. The highest BCUT2D eigenvalue weighted by Gasteiger charge is 2.35. The molecule has 1 aliphatic rings. The van der Waals surface area contributed by atoms with Gasteiger partial charge in [0.2, 0.25) is 0 Å². The molecule has 1 aliphatic carbocycles. The third-order valence-corrected chi connectivity index (χ3v) is 5.03. The van der Waals surface area contributed by atoms with Crippen molar-refractivity contribution in [3.8, 4) is 11.3 Å². The SMILES string of the molecule is CC1CCCC(N)(c2nc(-c3cncc(F)c3)cs2)C1. The van der Waals surface area contributed by atoms with Crippen molar-refractivity contribution in [3.05, 3.63) is 34.7 Å². The lowest BCUT2D eigenvalue weighted by atomic mass is 9.77.